The van der Waals surface area contributed by atoms with E-state index in [1.165, 1.54) is 6.21 Å². The molecule has 0 saturated heterocycles. The van der Waals surface area contributed by atoms with E-state index in [1.807, 2.05) is 6.07 Å². The van der Waals surface area contributed by atoms with E-state index >= 15 is 0 Å². The molecule has 0 radical (unpaired) electrons. The first-order valence-electron chi connectivity index (χ1n) is 10.7. The molecule has 2 bridgehead atoms. The number of carbonyl (C=O) groups is 1. The van der Waals surface area contributed by atoms with Crippen LogP contribution in [0, 0.1) is 17.8 Å². The molecule has 6 rings (SSSR count). The Balaban J connectivity index is 1.61. The Labute approximate surface area is 193 Å². The standard InChI is InChI=1S/C24H21F3N4O3/c1-12-7-15(11-29-34-12)23(2,33)6-5-13-3-4-17-14-9-16(10-14)31-20(24(25,26)27)19(21(28)32)30-22(31)18(17)8-13/h3-4,7-8,11,14-16,33H,9-10H2,1-2H3,(H2,28,32). The molecule has 1 aromatic heterocycles. The number of hydrogen-bond acceptors (Lipinski definition) is 5. The van der Waals surface area contributed by atoms with Gasteiger partial charge in [0.1, 0.15) is 17.2 Å². The Kier molecular flexibility index (Phi) is 4.88. The van der Waals surface area contributed by atoms with Gasteiger partial charge in [0.15, 0.2) is 11.4 Å². The molecule has 3 aliphatic heterocycles. The fourth-order valence-corrected chi connectivity index (χ4v) is 4.75. The number of nitrogens with zero attached hydrogens (tertiary/aromatic N) is 3. The first kappa shape index (κ1) is 22.2. The number of imidazole rings is 1. The number of alkyl halides is 3. The number of oxime groups is 1. The number of nitrogens with two attached hydrogens (primary N) is 1. The number of primary amides is 1. The number of rotatable bonds is 2. The molecule has 1 saturated carbocycles. The molecular weight excluding hydrogens is 449 g/mol. The quantitative estimate of drug-likeness (QED) is 0.653. The lowest BCUT2D eigenvalue weighted by molar-refractivity contribution is -0.145. The van der Waals surface area contributed by atoms with Crippen molar-refractivity contribution in [1.29, 1.82) is 0 Å². The normalized spacial score (nSPS) is 24.2. The van der Waals surface area contributed by atoms with Crippen molar-refractivity contribution in [2.75, 3.05) is 0 Å². The molecule has 1 aromatic carbocycles. The van der Waals surface area contributed by atoms with Gasteiger partial charge in [0.05, 0.1) is 12.1 Å². The van der Waals surface area contributed by atoms with Crippen LogP contribution < -0.4 is 5.73 Å². The van der Waals surface area contributed by atoms with E-state index in [4.69, 9.17) is 10.6 Å². The zero-order valence-electron chi connectivity index (χ0n) is 18.3. The Hall–Kier alpha value is -3.58. The summed E-state index contributed by atoms with van der Waals surface area (Å²) in [5.41, 5.74) is 3.75. The van der Waals surface area contributed by atoms with Gasteiger partial charge in [-0.3, -0.25) is 4.79 Å². The van der Waals surface area contributed by atoms with E-state index in [0.717, 1.165) is 10.1 Å². The highest BCUT2D eigenvalue weighted by Gasteiger charge is 2.48. The first-order chi connectivity index (χ1) is 16.0. The number of amides is 1. The second-order valence-electron chi connectivity index (χ2n) is 9.04. The molecule has 2 aromatic rings. The number of allylic oxidation sites excluding steroid dienone is 1. The lowest BCUT2D eigenvalue weighted by Crippen LogP contribution is -2.34. The third-order valence-corrected chi connectivity index (χ3v) is 6.57. The van der Waals surface area contributed by atoms with Crippen LogP contribution in [0.25, 0.3) is 11.4 Å². The van der Waals surface area contributed by atoms with Crippen molar-refractivity contribution in [3.63, 3.8) is 0 Å². The van der Waals surface area contributed by atoms with Gasteiger partial charge in [0.25, 0.3) is 5.91 Å². The van der Waals surface area contributed by atoms with Crippen LogP contribution in [0.4, 0.5) is 13.2 Å². The van der Waals surface area contributed by atoms with E-state index in [-0.39, 0.29) is 11.7 Å². The van der Waals surface area contributed by atoms with Crippen molar-refractivity contribution >= 4 is 12.1 Å². The Morgan fingerprint density at radius 1 is 1.32 bits per heavy atom. The fraction of sp³-hybridized carbons (Fsp3) is 0.375. The molecule has 1 fully saturated rings. The molecule has 2 atom stereocenters. The van der Waals surface area contributed by atoms with Gasteiger partial charge >= 0.3 is 6.18 Å². The van der Waals surface area contributed by atoms with Crippen molar-refractivity contribution in [3.8, 4) is 23.2 Å². The molecule has 1 amide bonds. The molecule has 1 aliphatic carbocycles. The summed E-state index contributed by atoms with van der Waals surface area (Å²) < 4.78 is 42.9. The van der Waals surface area contributed by atoms with Gasteiger partial charge in [-0.15, -0.1) is 0 Å². The van der Waals surface area contributed by atoms with Crippen LogP contribution in [0.15, 0.2) is 35.2 Å². The van der Waals surface area contributed by atoms with Crippen molar-refractivity contribution in [1.82, 2.24) is 9.55 Å². The summed E-state index contributed by atoms with van der Waals surface area (Å²) in [4.78, 5) is 20.9. The van der Waals surface area contributed by atoms with E-state index in [9.17, 15) is 23.1 Å². The predicted molar refractivity (Wildman–Crippen MR) is 117 cm³/mol. The second kappa shape index (κ2) is 7.46. The highest BCUT2D eigenvalue weighted by atomic mass is 19.4. The van der Waals surface area contributed by atoms with Gasteiger partial charge in [-0.2, -0.15) is 13.2 Å². The lowest BCUT2D eigenvalue weighted by atomic mass is 9.75. The van der Waals surface area contributed by atoms with Crippen LogP contribution in [-0.4, -0.2) is 32.4 Å². The van der Waals surface area contributed by atoms with E-state index < -0.39 is 41.0 Å². The van der Waals surface area contributed by atoms with Crippen molar-refractivity contribution in [2.45, 2.75) is 50.4 Å². The Morgan fingerprint density at radius 3 is 2.71 bits per heavy atom. The van der Waals surface area contributed by atoms with Gasteiger partial charge in [0, 0.05) is 17.2 Å². The van der Waals surface area contributed by atoms with Crippen LogP contribution in [0.1, 0.15) is 66.0 Å². The van der Waals surface area contributed by atoms with Crippen LogP contribution in [0.2, 0.25) is 0 Å². The number of benzene rings is 1. The summed E-state index contributed by atoms with van der Waals surface area (Å²) >= 11 is 0. The number of carbonyl (C=O) groups excluding carboxylic acids is 1. The van der Waals surface area contributed by atoms with E-state index in [0.29, 0.717) is 29.7 Å². The second-order valence-corrected chi connectivity index (χ2v) is 9.04. The minimum absolute atomic E-state index is 0.0617. The third kappa shape index (κ3) is 3.56. The van der Waals surface area contributed by atoms with Gasteiger partial charge in [0.2, 0.25) is 0 Å². The summed E-state index contributed by atoms with van der Waals surface area (Å²) in [6, 6.07) is 4.84. The summed E-state index contributed by atoms with van der Waals surface area (Å²) in [6.45, 7) is 3.26. The SMILES string of the molecule is CC1=CC(C(C)(O)C#Cc2ccc3c(c2)-c2nc(C(N)=O)c(C(F)(F)F)n2C2CC3C2)C=NO1. The van der Waals surface area contributed by atoms with Crippen molar-refractivity contribution in [3.05, 3.63) is 52.5 Å². The smallest absolute Gasteiger partial charge is 0.377 e. The summed E-state index contributed by atoms with van der Waals surface area (Å²) in [7, 11) is 0. The van der Waals surface area contributed by atoms with Crippen molar-refractivity contribution < 1.29 is 27.9 Å². The highest BCUT2D eigenvalue weighted by Crippen LogP contribution is 2.54. The molecule has 176 valence electrons. The van der Waals surface area contributed by atoms with Crippen molar-refractivity contribution in [2.24, 2.45) is 16.8 Å². The molecule has 0 spiro atoms. The number of hydrogen-bond donors (Lipinski definition) is 2. The van der Waals surface area contributed by atoms with E-state index in [2.05, 4.69) is 22.0 Å². The predicted octanol–water partition coefficient (Wildman–Crippen LogP) is 3.74. The zero-order chi connectivity index (χ0) is 24.4. The van der Waals surface area contributed by atoms with Crippen LogP contribution in [-0.2, 0) is 11.0 Å². The third-order valence-electron chi connectivity index (χ3n) is 6.57. The van der Waals surface area contributed by atoms with Crippen LogP contribution in [0.5, 0.6) is 0 Å². The van der Waals surface area contributed by atoms with Gasteiger partial charge in [-0.1, -0.05) is 23.1 Å². The number of aliphatic hydroxyl groups is 1. The Bertz CT molecular complexity index is 1320. The topological polar surface area (TPSA) is 103 Å². The molecule has 4 heterocycles. The van der Waals surface area contributed by atoms with Gasteiger partial charge < -0.3 is 20.2 Å². The minimum Gasteiger partial charge on any atom is -0.377 e. The maximum absolute atomic E-state index is 13.9. The largest absolute Gasteiger partial charge is 0.433 e. The number of halogens is 3. The highest BCUT2D eigenvalue weighted by molar-refractivity contribution is 5.93. The summed E-state index contributed by atoms with van der Waals surface area (Å²) in [5, 5.41) is 14.6. The Morgan fingerprint density at radius 2 is 2.06 bits per heavy atom. The van der Waals surface area contributed by atoms with Gasteiger partial charge in [-0.25, -0.2) is 4.98 Å². The molecule has 10 heteroatoms. The monoisotopic (exact) mass is 470 g/mol. The van der Waals surface area contributed by atoms with Gasteiger partial charge in [-0.05, 0) is 56.4 Å². The van der Waals surface area contributed by atoms with Crippen LogP contribution >= 0.6 is 0 Å². The molecular formula is C24H21F3N4O3. The zero-order valence-corrected chi connectivity index (χ0v) is 18.3. The molecule has 2 unspecified atom stereocenters. The average Bonchev–Trinajstić information content (AvgIpc) is 3.02. The summed E-state index contributed by atoms with van der Waals surface area (Å²) in [5.74, 6) is 4.72. The molecule has 7 nitrogen and oxygen atoms in total. The maximum Gasteiger partial charge on any atom is 0.433 e. The van der Waals surface area contributed by atoms with E-state index in [1.54, 1.807) is 32.1 Å². The number of aromatic nitrogens is 2. The minimum atomic E-state index is -4.78. The van der Waals surface area contributed by atoms with Crippen LogP contribution in [0.3, 0.4) is 0 Å². The average molecular weight is 470 g/mol. The molecule has 34 heavy (non-hydrogen) atoms. The molecule has 4 aliphatic rings. The summed E-state index contributed by atoms with van der Waals surface area (Å²) in [6.07, 6.45) is -0.587. The maximum atomic E-state index is 13.9. The molecule has 3 N–H and O–H groups in total. The first-order valence-corrected chi connectivity index (χ1v) is 10.7. The fourth-order valence-electron chi connectivity index (χ4n) is 4.75. The lowest BCUT2D eigenvalue weighted by Gasteiger charge is -2.35.